The van der Waals surface area contributed by atoms with Crippen LogP contribution >= 0.6 is 11.3 Å². The highest BCUT2D eigenvalue weighted by Crippen LogP contribution is 2.32. The molecule has 2 heterocycles. The molecule has 0 radical (unpaired) electrons. The van der Waals surface area contributed by atoms with Crippen molar-refractivity contribution in [1.82, 2.24) is 20.0 Å². The van der Waals surface area contributed by atoms with E-state index >= 15 is 0 Å². The first-order chi connectivity index (χ1) is 10.7. The highest BCUT2D eigenvalue weighted by molar-refractivity contribution is 7.21. The minimum Gasteiger partial charge on any atom is -0.382 e. The van der Waals surface area contributed by atoms with E-state index in [-0.39, 0.29) is 0 Å². The lowest BCUT2D eigenvalue weighted by molar-refractivity contribution is 0.810. The van der Waals surface area contributed by atoms with E-state index < -0.39 is 0 Å². The largest absolute Gasteiger partial charge is 0.382 e. The van der Waals surface area contributed by atoms with E-state index in [4.69, 9.17) is 5.73 Å². The highest BCUT2D eigenvalue weighted by Gasteiger charge is 2.16. The second-order valence-corrected chi connectivity index (χ2v) is 6.09. The molecule has 0 saturated heterocycles. The molecule has 2 aromatic heterocycles. The summed E-state index contributed by atoms with van der Waals surface area (Å²) in [5.74, 6) is 0.504. The summed E-state index contributed by atoms with van der Waals surface area (Å²) in [4.78, 5) is 4.59. The fourth-order valence-electron chi connectivity index (χ4n) is 2.37. The topological polar surface area (TPSA) is 69.6 Å². The molecule has 2 N–H and O–H groups in total. The van der Waals surface area contributed by atoms with Gasteiger partial charge in [-0.15, -0.1) is 16.4 Å². The van der Waals surface area contributed by atoms with Gasteiger partial charge in [0.05, 0.1) is 15.9 Å². The fourth-order valence-corrected chi connectivity index (χ4v) is 3.32. The van der Waals surface area contributed by atoms with Crippen LogP contribution in [0.3, 0.4) is 0 Å². The summed E-state index contributed by atoms with van der Waals surface area (Å²) < 4.78 is 2.76. The van der Waals surface area contributed by atoms with Crippen LogP contribution in [0.25, 0.3) is 26.6 Å². The number of aryl methyl sites for hydroxylation is 1. The Morgan fingerprint density at radius 1 is 1.09 bits per heavy atom. The molecule has 0 aliphatic carbocycles. The van der Waals surface area contributed by atoms with Gasteiger partial charge in [-0.3, -0.25) is 0 Å². The normalized spacial score (nSPS) is 11.1. The van der Waals surface area contributed by atoms with Crippen LogP contribution in [-0.2, 0) is 0 Å². The summed E-state index contributed by atoms with van der Waals surface area (Å²) in [6, 6.07) is 16.0. The molecule has 0 bridgehead atoms. The minimum absolute atomic E-state index is 0.504. The van der Waals surface area contributed by atoms with Crippen LogP contribution in [0.2, 0.25) is 0 Å². The van der Waals surface area contributed by atoms with E-state index in [0.717, 1.165) is 26.5 Å². The first-order valence-electron chi connectivity index (χ1n) is 6.86. The maximum absolute atomic E-state index is 6.24. The van der Waals surface area contributed by atoms with Crippen molar-refractivity contribution in [3.05, 3.63) is 54.1 Å². The van der Waals surface area contributed by atoms with Crippen LogP contribution in [0, 0.1) is 6.92 Å². The molecule has 0 fully saturated rings. The quantitative estimate of drug-likeness (QED) is 0.616. The van der Waals surface area contributed by atoms with E-state index in [9.17, 15) is 0 Å². The fraction of sp³-hybridized carbons (Fsp3) is 0.0625. The number of aromatic nitrogens is 4. The van der Waals surface area contributed by atoms with E-state index in [2.05, 4.69) is 15.3 Å². The van der Waals surface area contributed by atoms with Crippen molar-refractivity contribution in [2.75, 3.05) is 5.73 Å². The maximum atomic E-state index is 6.24. The summed E-state index contributed by atoms with van der Waals surface area (Å²) >= 11 is 1.57. The lowest BCUT2D eigenvalue weighted by Crippen LogP contribution is -2.02. The second-order valence-electron chi connectivity index (χ2n) is 5.06. The van der Waals surface area contributed by atoms with Crippen LogP contribution in [0.4, 0.5) is 5.82 Å². The Morgan fingerprint density at radius 3 is 2.77 bits per heavy atom. The molecule has 0 aliphatic heterocycles. The Morgan fingerprint density at radius 2 is 1.95 bits per heavy atom. The average Bonchev–Trinajstić information content (AvgIpc) is 3.10. The summed E-state index contributed by atoms with van der Waals surface area (Å²) in [7, 11) is 0. The summed E-state index contributed by atoms with van der Waals surface area (Å²) in [5.41, 5.74) is 9.87. The van der Waals surface area contributed by atoms with Gasteiger partial charge in [-0.2, -0.15) is 4.68 Å². The van der Waals surface area contributed by atoms with Crippen molar-refractivity contribution in [2.24, 2.45) is 0 Å². The molecule has 0 saturated carbocycles. The van der Waals surface area contributed by atoms with Gasteiger partial charge in [-0.1, -0.05) is 29.5 Å². The third-order valence-electron chi connectivity index (χ3n) is 3.45. The van der Waals surface area contributed by atoms with Gasteiger partial charge in [-0.25, -0.2) is 4.98 Å². The third kappa shape index (κ3) is 2.05. The average molecular weight is 307 g/mol. The van der Waals surface area contributed by atoms with Crippen LogP contribution in [0.1, 0.15) is 5.56 Å². The molecular formula is C16H13N5S. The number of nitrogens with zero attached hydrogens (tertiary/aromatic N) is 4. The van der Waals surface area contributed by atoms with Crippen LogP contribution in [0.15, 0.2) is 48.5 Å². The van der Waals surface area contributed by atoms with Gasteiger partial charge >= 0.3 is 0 Å². The highest BCUT2D eigenvalue weighted by atomic mass is 32.1. The van der Waals surface area contributed by atoms with Gasteiger partial charge in [0.1, 0.15) is 5.01 Å². The zero-order valence-electron chi connectivity index (χ0n) is 11.9. The van der Waals surface area contributed by atoms with E-state index in [1.165, 1.54) is 0 Å². The number of anilines is 1. The Labute approximate surface area is 131 Å². The Hall–Kier alpha value is -2.73. The van der Waals surface area contributed by atoms with Crippen LogP contribution in [0.5, 0.6) is 0 Å². The number of rotatable bonds is 2. The molecule has 4 rings (SSSR count). The number of para-hydroxylation sites is 1. The van der Waals surface area contributed by atoms with E-state index in [0.29, 0.717) is 11.5 Å². The Balaban J connectivity index is 1.84. The van der Waals surface area contributed by atoms with Crippen LogP contribution < -0.4 is 5.73 Å². The molecule has 0 amide bonds. The van der Waals surface area contributed by atoms with Gasteiger partial charge in [0.15, 0.2) is 11.5 Å². The molecule has 0 aliphatic rings. The molecule has 0 spiro atoms. The first kappa shape index (κ1) is 13.0. The first-order valence-corrected chi connectivity index (χ1v) is 7.68. The molecule has 2 aromatic carbocycles. The monoisotopic (exact) mass is 307 g/mol. The standard InChI is InChI=1S/C16H13N5S/c1-10-5-4-6-11(9-10)21-15(17)14(19-20-21)16-18-12-7-2-3-8-13(12)22-16/h2-9H,17H2,1H3. The number of nitrogens with two attached hydrogens (primary N) is 1. The van der Waals surface area contributed by atoms with Crippen molar-refractivity contribution in [1.29, 1.82) is 0 Å². The maximum Gasteiger partial charge on any atom is 0.165 e. The predicted octanol–water partition coefficient (Wildman–Crippen LogP) is 3.43. The zero-order chi connectivity index (χ0) is 15.1. The number of hydrogen-bond acceptors (Lipinski definition) is 5. The van der Waals surface area contributed by atoms with Gasteiger partial charge in [0, 0.05) is 0 Å². The molecule has 108 valence electrons. The van der Waals surface area contributed by atoms with Gasteiger partial charge < -0.3 is 5.73 Å². The van der Waals surface area contributed by atoms with Crippen molar-refractivity contribution in [3.63, 3.8) is 0 Å². The Bertz CT molecular complexity index is 937. The number of fused-ring (bicyclic) bond motifs is 1. The van der Waals surface area contributed by atoms with Gasteiger partial charge in [0.25, 0.3) is 0 Å². The van der Waals surface area contributed by atoms with Crippen molar-refractivity contribution >= 4 is 27.4 Å². The third-order valence-corrected chi connectivity index (χ3v) is 4.49. The number of benzene rings is 2. The smallest absolute Gasteiger partial charge is 0.165 e. The van der Waals surface area contributed by atoms with Crippen molar-refractivity contribution in [3.8, 4) is 16.4 Å². The lowest BCUT2D eigenvalue weighted by atomic mass is 10.2. The summed E-state index contributed by atoms with van der Waals surface area (Å²) in [6.07, 6.45) is 0. The minimum atomic E-state index is 0.504. The van der Waals surface area contributed by atoms with Crippen molar-refractivity contribution < 1.29 is 0 Å². The second kappa shape index (κ2) is 4.92. The molecule has 0 unspecified atom stereocenters. The molecule has 6 heteroatoms. The number of thiazole rings is 1. The predicted molar refractivity (Wildman–Crippen MR) is 89.1 cm³/mol. The zero-order valence-corrected chi connectivity index (χ0v) is 12.7. The SMILES string of the molecule is Cc1cccc(-n2nnc(-c3nc4ccccc4s3)c2N)c1. The van der Waals surface area contributed by atoms with E-state index in [1.54, 1.807) is 16.0 Å². The molecular weight excluding hydrogens is 294 g/mol. The van der Waals surface area contributed by atoms with Gasteiger partial charge in [-0.05, 0) is 36.8 Å². The van der Waals surface area contributed by atoms with Gasteiger partial charge in [0.2, 0.25) is 0 Å². The summed E-state index contributed by atoms with van der Waals surface area (Å²) in [5, 5.41) is 9.19. The summed E-state index contributed by atoms with van der Waals surface area (Å²) in [6.45, 7) is 2.03. The molecule has 0 atom stereocenters. The number of hydrogen-bond donors (Lipinski definition) is 1. The molecule has 5 nitrogen and oxygen atoms in total. The number of nitrogen functional groups attached to an aromatic ring is 1. The molecule has 4 aromatic rings. The van der Waals surface area contributed by atoms with E-state index in [1.807, 2.05) is 55.5 Å². The molecule has 22 heavy (non-hydrogen) atoms. The lowest BCUT2D eigenvalue weighted by Gasteiger charge is -2.03. The van der Waals surface area contributed by atoms with Crippen molar-refractivity contribution in [2.45, 2.75) is 6.92 Å². The Kier molecular flexibility index (Phi) is 2.90. The van der Waals surface area contributed by atoms with Crippen LogP contribution in [-0.4, -0.2) is 20.0 Å².